The molecule has 2 atom stereocenters. The van der Waals surface area contributed by atoms with Gasteiger partial charge in [-0.05, 0) is 36.2 Å². The molecule has 0 amide bonds. The molecular weight excluding hydrogens is 234 g/mol. The third-order valence-corrected chi connectivity index (χ3v) is 4.24. The van der Waals surface area contributed by atoms with Crippen LogP contribution < -0.4 is 10.9 Å². The SMILES string of the molecule is CC1CC1CNCc1nc2ccsc2c(=O)[nH]1. The summed E-state index contributed by atoms with van der Waals surface area (Å²) in [6.07, 6.45) is 1.32. The summed E-state index contributed by atoms with van der Waals surface area (Å²) in [6.45, 7) is 3.93. The molecule has 2 unspecified atom stereocenters. The lowest BCUT2D eigenvalue weighted by Crippen LogP contribution is -2.21. The van der Waals surface area contributed by atoms with Gasteiger partial charge in [0.2, 0.25) is 0 Å². The van der Waals surface area contributed by atoms with Crippen LogP contribution in [0.1, 0.15) is 19.2 Å². The Balaban J connectivity index is 1.69. The van der Waals surface area contributed by atoms with Gasteiger partial charge in [-0.3, -0.25) is 4.79 Å². The number of nitrogens with zero attached hydrogens (tertiary/aromatic N) is 1. The first kappa shape index (κ1) is 10.9. The van der Waals surface area contributed by atoms with Crippen molar-refractivity contribution in [2.24, 2.45) is 11.8 Å². The van der Waals surface area contributed by atoms with Crippen LogP contribution in [0.2, 0.25) is 0 Å². The molecule has 2 aromatic rings. The van der Waals surface area contributed by atoms with E-state index in [9.17, 15) is 4.79 Å². The maximum Gasteiger partial charge on any atom is 0.268 e. The van der Waals surface area contributed by atoms with E-state index in [2.05, 4.69) is 22.2 Å². The van der Waals surface area contributed by atoms with Crippen LogP contribution in [0.5, 0.6) is 0 Å². The van der Waals surface area contributed by atoms with Gasteiger partial charge in [-0.15, -0.1) is 11.3 Å². The number of aromatic amines is 1. The highest BCUT2D eigenvalue weighted by Gasteiger charge is 2.31. The zero-order valence-corrected chi connectivity index (χ0v) is 10.5. The van der Waals surface area contributed by atoms with Crippen LogP contribution in [0.4, 0.5) is 0 Å². The van der Waals surface area contributed by atoms with Gasteiger partial charge in [-0.1, -0.05) is 6.92 Å². The van der Waals surface area contributed by atoms with Crippen molar-refractivity contribution in [3.8, 4) is 0 Å². The van der Waals surface area contributed by atoms with Gasteiger partial charge >= 0.3 is 0 Å². The van der Waals surface area contributed by atoms with E-state index < -0.39 is 0 Å². The molecule has 3 rings (SSSR count). The third-order valence-electron chi connectivity index (χ3n) is 3.34. The second kappa shape index (κ2) is 4.23. The average Bonchev–Trinajstić information content (AvgIpc) is 2.79. The Morgan fingerprint density at radius 3 is 3.24 bits per heavy atom. The Bertz CT molecular complexity index is 589. The first-order valence-electron chi connectivity index (χ1n) is 5.91. The molecule has 0 spiro atoms. The van der Waals surface area contributed by atoms with Crippen molar-refractivity contribution in [2.45, 2.75) is 19.9 Å². The second-order valence-electron chi connectivity index (χ2n) is 4.75. The normalized spacial score (nSPS) is 23.1. The van der Waals surface area contributed by atoms with Crippen LogP contribution in [0, 0.1) is 11.8 Å². The lowest BCUT2D eigenvalue weighted by Gasteiger charge is -2.03. The Kier molecular flexibility index (Phi) is 2.72. The maximum absolute atomic E-state index is 11.7. The number of fused-ring (bicyclic) bond motifs is 1. The molecule has 2 heterocycles. The van der Waals surface area contributed by atoms with Gasteiger partial charge in [-0.2, -0.15) is 0 Å². The molecule has 1 aliphatic carbocycles. The zero-order valence-electron chi connectivity index (χ0n) is 9.69. The number of thiophene rings is 1. The van der Waals surface area contributed by atoms with Gasteiger partial charge in [-0.25, -0.2) is 4.98 Å². The lowest BCUT2D eigenvalue weighted by molar-refractivity contribution is 0.597. The van der Waals surface area contributed by atoms with Gasteiger partial charge < -0.3 is 10.3 Å². The molecular formula is C12H15N3OS. The highest BCUT2D eigenvalue weighted by molar-refractivity contribution is 7.17. The number of hydrogen-bond donors (Lipinski definition) is 2. The van der Waals surface area contributed by atoms with Crippen LogP contribution in [0.15, 0.2) is 16.2 Å². The van der Waals surface area contributed by atoms with Crippen molar-refractivity contribution in [1.82, 2.24) is 15.3 Å². The van der Waals surface area contributed by atoms with E-state index in [0.29, 0.717) is 11.2 Å². The number of rotatable bonds is 4. The van der Waals surface area contributed by atoms with E-state index in [0.717, 1.165) is 29.7 Å². The summed E-state index contributed by atoms with van der Waals surface area (Å²) in [5, 5.41) is 5.25. The summed E-state index contributed by atoms with van der Waals surface area (Å²) in [5.41, 5.74) is 0.775. The number of hydrogen-bond acceptors (Lipinski definition) is 4. The summed E-state index contributed by atoms with van der Waals surface area (Å²) >= 11 is 1.44. The molecule has 4 nitrogen and oxygen atoms in total. The van der Waals surface area contributed by atoms with Gasteiger partial charge in [0.05, 0.1) is 12.1 Å². The molecule has 0 radical (unpaired) electrons. The zero-order chi connectivity index (χ0) is 11.8. The van der Waals surface area contributed by atoms with Crippen molar-refractivity contribution in [3.05, 3.63) is 27.6 Å². The second-order valence-corrected chi connectivity index (χ2v) is 5.67. The van der Waals surface area contributed by atoms with Crippen LogP contribution in [0.3, 0.4) is 0 Å². The highest BCUT2D eigenvalue weighted by atomic mass is 32.1. The number of aromatic nitrogens is 2. The molecule has 17 heavy (non-hydrogen) atoms. The summed E-state index contributed by atoms with van der Waals surface area (Å²) < 4.78 is 0.713. The molecule has 1 saturated carbocycles. The predicted octanol–water partition coefficient (Wildman–Crippen LogP) is 1.73. The molecule has 0 aliphatic heterocycles. The largest absolute Gasteiger partial charge is 0.310 e. The molecule has 0 bridgehead atoms. The van der Waals surface area contributed by atoms with E-state index in [1.165, 1.54) is 17.8 Å². The fourth-order valence-corrected chi connectivity index (χ4v) is 2.79. The Labute approximate surface area is 103 Å². The topological polar surface area (TPSA) is 57.8 Å². The minimum absolute atomic E-state index is 0.0263. The number of nitrogens with one attached hydrogen (secondary N) is 2. The molecule has 90 valence electrons. The van der Waals surface area contributed by atoms with Crippen molar-refractivity contribution >= 4 is 21.6 Å². The van der Waals surface area contributed by atoms with Crippen LogP contribution in [-0.4, -0.2) is 16.5 Å². The van der Waals surface area contributed by atoms with Crippen molar-refractivity contribution < 1.29 is 0 Å². The fraction of sp³-hybridized carbons (Fsp3) is 0.500. The summed E-state index contributed by atoms with van der Waals surface area (Å²) in [6, 6.07) is 1.89. The van der Waals surface area contributed by atoms with Crippen LogP contribution >= 0.6 is 11.3 Å². The molecule has 5 heteroatoms. The Morgan fingerprint density at radius 2 is 2.47 bits per heavy atom. The predicted molar refractivity (Wildman–Crippen MR) is 69.2 cm³/mol. The van der Waals surface area contributed by atoms with Gasteiger partial charge in [0.25, 0.3) is 5.56 Å². The van der Waals surface area contributed by atoms with E-state index in [-0.39, 0.29) is 5.56 Å². The standard InChI is InChI=1S/C12H15N3OS/c1-7-4-8(7)5-13-6-10-14-9-2-3-17-11(9)12(16)15-10/h2-3,7-8,13H,4-6H2,1H3,(H,14,15,16). The Hall–Kier alpha value is -1.20. The van der Waals surface area contributed by atoms with Gasteiger partial charge in [0.1, 0.15) is 10.5 Å². The Morgan fingerprint density at radius 1 is 1.65 bits per heavy atom. The summed E-state index contributed by atoms with van der Waals surface area (Å²) in [7, 11) is 0. The average molecular weight is 249 g/mol. The van der Waals surface area contributed by atoms with E-state index >= 15 is 0 Å². The van der Waals surface area contributed by atoms with E-state index in [1.807, 2.05) is 11.4 Å². The summed E-state index contributed by atoms with van der Waals surface area (Å²) in [4.78, 5) is 19.0. The molecule has 1 aliphatic rings. The molecule has 0 saturated heterocycles. The molecule has 0 aromatic carbocycles. The highest BCUT2D eigenvalue weighted by Crippen LogP contribution is 2.36. The quantitative estimate of drug-likeness (QED) is 0.867. The first-order valence-corrected chi connectivity index (χ1v) is 6.79. The monoisotopic (exact) mass is 249 g/mol. The van der Waals surface area contributed by atoms with E-state index in [4.69, 9.17) is 0 Å². The first-order chi connectivity index (χ1) is 8.24. The van der Waals surface area contributed by atoms with Gasteiger partial charge in [0.15, 0.2) is 0 Å². The fourth-order valence-electron chi connectivity index (χ4n) is 2.06. The minimum Gasteiger partial charge on any atom is -0.310 e. The van der Waals surface area contributed by atoms with Crippen molar-refractivity contribution in [2.75, 3.05) is 6.54 Å². The van der Waals surface area contributed by atoms with Crippen LogP contribution in [0.25, 0.3) is 10.2 Å². The van der Waals surface area contributed by atoms with Crippen molar-refractivity contribution in [3.63, 3.8) is 0 Å². The minimum atomic E-state index is -0.0263. The van der Waals surface area contributed by atoms with Crippen LogP contribution in [-0.2, 0) is 6.54 Å². The lowest BCUT2D eigenvalue weighted by atomic mass is 10.3. The van der Waals surface area contributed by atoms with E-state index in [1.54, 1.807) is 0 Å². The summed E-state index contributed by atoms with van der Waals surface area (Å²) in [5.74, 6) is 2.40. The maximum atomic E-state index is 11.7. The number of H-pyrrole nitrogens is 1. The molecule has 2 N–H and O–H groups in total. The van der Waals surface area contributed by atoms with Gasteiger partial charge in [0, 0.05) is 0 Å². The smallest absolute Gasteiger partial charge is 0.268 e. The molecule has 1 fully saturated rings. The van der Waals surface area contributed by atoms with Crippen molar-refractivity contribution in [1.29, 1.82) is 0 Å². The molecule has 2 aromatic heterocycles. The third kappa shape index (κ3) is 2.25.